The van der Waals surface area contributed by atoms with Gasteiger partial charge in [-0.05, 0) is 47.6 Å². The Morgan fingerprint density at radius 3 is 2.02 bits per heavy atom. The lowest BCUT2D eigenvalue weighted by molar-refractivity contribution is -0.143. The highest BCUT2D eigenvalue weighted by Crippen LogP contribution is 2.20. The van der Waals surface area contributed by atoms with Crippen LogP contribution in [-0.4, -0.2) is 63.1 Å². The molecule has 8 N–H and O–H groups in total. The molecule has 3 aromatic rings. The van der Waals surface area contributed by atoms with Crippen LogP contribution in [-0.2, 0) is 32.0 Å². The maximum Gasteiger partial charge on any atom is 0.326 e. The number of aliphatic carboxylic acids is 1. The number of aromatic hydroxyl groups is 1. The maximum atomic E-state index is 13.5. The van der Waals surface area contributed by atoms with Crippen molar-refractivity contribution in [3.63, 3.8) is 0 Å². The number of aromatic amines is 1. The zero-order valence-corrected chi connectivity index (χ0v) is 23.7. The third-order valence-corrected chi connectivity index (χ3v) is 6.94. The van der Waals surface area contributed by atoms with Crippen LogP contribution < -0.4 is 21.7 Å². The van der Waals surface area contributed by atoms with Crippen molar-refractivity contribution in [3.8, 4) is 5.75 Å². The molecule has 0 bridgehead atoms. The Labute approximate surface area is 238 Å². The topological polar surface area (TPSA) is 187 Å². The van der Waals surface area contributed by atoms with Gasteiger partial charge < -0.3 is 36.9 Å². The average molecular weight is 566 g/mol. The summed E-state index contributed by atoms with van der Waals surface area (Å²) in [6.45, 7) is 6.87. The van der Waals surface area contributed by atoms with Crippen LogP contribution in [0, 0.1) is 11.8 Å². The number of carbonyl (C=O) groups is 4. The number of carboxylic acids is 1. The molecule has 0 aliphatic heterocycles. The average Bonchev–Trinajstić information content (AvgIpc) is 3.33. The number of para-hydroxylation sites is 1. The first-order chi connectivity index (χ1) is 19.4. The second-order valence-electron chi connectivity index (χ2n) is 10.9. The van der Waals surface area contributed by atoms with E-state index in [1.54, 1.807) is 46.0 Å². The minimum absolute atomic E-state index is 0.0884. The molecule has 0 saturated heterocycles. The predicted octanol–water partition coefficient (Wildman–Crippen LogP) is 1.84. The Morgan fingerprint density at radius 1 is 0.805 bits per heavy atom. The van der Waals surface area contributed by atoms with Crippen LogP contribution >= 0.6 is 0 Å². The van der Waals surface area contributed by atoms with Crippen molar-refractivity contribution >= 4 is 34.6 Å². The molecule has 3 rings (SSSR count). The van der Waals surface area contributed by atoms with Gasteiger partial charge in [-0.1, -0.05) is 58.0 Å². The van der Waals surface area contributed by atoms with Gasteiger partial charge >= 0.3 is 5.97 Å². The zero-order chi connectivity index (χ0) is 30.3. The molecule has 11 heteroatoms. The number of benzene rings is 2. The van der Waals surface area contributed by atoms with Crippen LogP contribution in [0.25, 0.3) is 10.9 Å². The van der Waals surface area contributed by atoms with Gasteiger partial charge in [-0.25, -0.2) is 4.79 Å². The molecule has 0 aliphatic rings. The lowest BCUT2D eigenvalue weighted by Crippen LogP contribution is -2.59. The summed E-state index contributed by atoms with van der Waals surface area (Å²) in [5, 5.41) is 27.9. The molecule has 0 aliphatic carbocycles. The van der Waals surface area contributed by atoms with Crippen LogP contribution in [0.5, 0.6) is 5.75 Å². The minimum Gasteiger partial charge on any atom is -0.508 e. The van der Waals surface area contributed by atoms with Gasteiger partial charge in [0.25, 0.3) is 0 Å². The van der Waals surface area contributed by atoms with Crippen molar-refractivity contribution in [2.24, 2.45) is 17.6 Å². The largest absolute Gasteiger partial charge is 0.508 e. The molecule has 0 spiro atoms. The zero-order valence-electron chi connectivity index (χ0n) is 23.7. The first-order valence-electron chi connectivity index (χ1n) is 13.6. The minimum atomic E-state index is -1.18. The van der Waals surface area contributed by atoms with Gasteiger partial charge in [0.05, 0.1) is 6.04 Å². The second kappa shape index (κ2) is 13.8. The molecular weight excluding hydrogens is 526 g/mol. The number of carbonyl (C=O) groups excluding carboxylic acids is 3. The van der Waals surface area contributed by atoms with E-state index < -0.39 is 53.8 Å². The van der Waals surface area contributed by atoms with E-state index in [0.717, 1.165) is 22.0 Å². The monoisotopic (exact) mass is 565 g/mol. The van der Waals surface area contributed by atoms with E-state index in [9.17, 15) is 29.4 Å². The number of nitrogens with two attached hydrogens (primary N) is 1. The fourth-order valence-electron chi connectivity index (χ4n) is 4.53. The number of nitrogens with one attached hydrogen (secondary N) is 4. The van der Waals surface area contributed by atoms with Crippen LogP contribution in [0.4, 0.5) is 0 Å². The fraction of sp³-hybridized carbons (Fsp3) is 0.400. The maximum absolute atomic E-state index is 13.5. The van der Waals surface area contributed by atoms with E-state index in [2.05, 4.69) is 20.9 Å². The van der Waals surface area contributed by atoms with Gasteiger partial charge in [0, 0.05) is 23.5 Å². The first kappa shape index (κ1) is 31.2. The SMILES string of the molecule is CC(C)C(NC(=O)C(Cc1c[nH]c2ccccc12)NC(=O)C(NC(=O)C(N)Cc1ccc(O)cc1)C(C)C)C(=O)O. The number of H-pyrrole nitrogens is 1. The number of hydrogen-bond donors (Lipinski definition) is 7. The number of amides is 3. The van der Waals surface area contributed by atoms with Crippen molar-refractivity contribution in [3.05, 3.63) is 65.9 Å². The number of rotatable bonds is 13. The highest BCUT2D eigenvalue weighted by atomic mass is 16.4. The van der Waals surface area contributed by atoms with Gasteiger partial charge in [0.2, 0.25) is 17.7 Å². The van der Waals surface area contributed by atoms with Crippen LogP contribution in [0.1, 0.15) is 38.8 Å². The predicted molar refractivity (Wildman–Crippen MR) is 155 cm³/mol. The molecule has 4 unspecified atom stereocenters. The highest BCUT2D eigenvalue weighted by molar-refractivity contribution is 5.95. The lowest BCUT2D eigenvalue weighted by atomic mass is 9.99. The number of hydrogen-bond acceptors (Lipinski definition) is 6. The van der Waals surface area contributed by atoms with Crippen LogP contribution in [0.2, 0.25) is 0 Å². The Bertz CT molecular complexity index is 1370. The van der Waals surface area contributed by atoms with Gasteiger partial charge in [0.15, 0.2) is 0 Å². The fourth-order valence-corrected chi connectivity index (χ4v) is 4.53. The summed E-state index contributed by atoms with van der Waals surface area (Å²) >= 11 is 0. The summed E-state index contributed by atoms with van der Waals surface area (Å²) in [6, 6.07) is 9.58. The smallest absolute Gasteiger partial charge is 0.326 e. The number of phenols is 1. The summed E-state index contributed by atoms with van der Waals surface area (Å²) in [7, 11) is 0. The molecular formula is C30H39N5O6. The van der Waals surface area contributed by atoms with E-state index in [1.165, 1.54) is 12.1 Å². The second-order valence-corrected chi connectivity index (χ2v) is 10.9. The molecule has 220 valence electrons. The summed E-state index contributed by atoms with van der Waals surface area (Å²) in [4.78, 5) is 54.7. The summed E-state index contributed by atoms with van der Waals surface area (Å²) in [5.74, 6) is -3.62. The third-order valence-electron chi connectivity index (χ3n) is 6.94. The summed E-state index contributed by atoms with van der Waals surface area (Å²) in [6.07, 6.45) is 2.03. The quantitative estimate of drug-likeness (QED) is 0.165. The van der Waals surface area contributed by atoms with E-state index in [4.69, 9.17) is 5.73 Å². The van der Waals surface area contributed by atoms with Gasteiger partial charge in [0.1, 0.15) is 23.9 Å². The van der Waals surface area contributed by atoms with Gasteiger partial charge in [-0.3, -0.25) is 14.4 Å². The van der Waals surface area contributed by atoms with Crippen molar-refractivity contribution in [2.45, 2.75) is 64.7 Å². The number of fused-ring (bicyclic) bond motifs is 1. The molecule has 0 fully saturated rings. The van der Waals surface area contributed by atoms with Crippen molar-refractivity contribution in [1.29, 1.82) is 0 Å². The number of carboxylic acid groups (broad SMARTS) is 1. The molecule has 1 aromatic heterocycles. The highest BCUT2D eigenvalue weighted by Gasteiger charge is 2.33. The normalized spacial score (nSPS) is 14.3. The Hall–Kier alpha value is -4.38. The Kier molecular flexibility index (Phi) is 10.5. The standard InChI is InChI=1S/C30H39N5O6/c1-16(2)25(34-27(37)22(31)13-18-9-11-20(36)12-10-18)29(39)33-24(28(38)35-26(17(3)4)30(40)41)14-19-15-32-23-8-6-5-7-21(19)23/h5-12,15-17,22,24-26,32,36H,13-14,31H2,1-4H3,(H,33,39)(H,34,37)(H,35,38)(H,40,41). The Morgan fingerprint density at radius 2 is 1.41 bits per heavy atom. The van der Waals surface area contributed by atoms with Crippen molar-refractivity contribution in [1.82, 2.24) is 20.9 Å². The van der Waals surface area contributed by atoms with Crippen LogP contribution in [0.3, 0.4) is 0 Å². The number of aromatic nitrogens is 1. The first-order valence-corrected chi connectivity index (χ1v) is 13.6. The van der Waals surface area contributed by atoms with Crippen LogP contribution in [0.15, 0.2) is 54.7 Å². The molecule has 2 aromatic carbocycles. The summed E-state index contributed by atoms with van der Waals surface area (Å²) in [5.41, 5.74) is 8.47. The lowest BCUT2D eigenvalue weighted by Gasteiger charge is -2.27. The molecule has 0 saturated carbocycles. The molecule has 0 radical (unpaired) electrons. The van der Waals surface area contributed by atoms with Gasteiger partial charge in [-0.2, -0.15) is 0 Å². The molecule has 41 heavy (non-hydrogen) atoms. The molecule has 1 heterocycles. The van der Waals surface area contributed by atoms with E-state index in [1.807, 2.05) is 24.3 Å². The van der Waals surface area contributed by atoms with E-state index >= 15 is 0 Å². The van der Waals surface area contributed by atoms with Gasteiger partial charge in [-0.15, -0.1) is 0 Å². The Balaban J connectivity index is 1.79. The molecule has 4 atom stereocenters. The van der Waals surface area contributed by atoms with Crippen molar-refractivity contribution in [2.75, 3.05) is 0 Å². The number of phenolic OH excluding ortho intramolecular Hbond substituents is 1. The summed E-state index contributed by atoms with van der Waals surface area (Å²) < 4.78 is 0. The van der Waals surface area contributed by atoms with E-state index in [-0.39, 0.29) is 24.5 Å². The molecule has 11 nitrogen and oxygen atoms in total. The third kappa shape index (κ3) is 8.31. The van der Waals surface area contributed by atoms with Crippen molar-refractivity contribution < 1.29 is 29.4 Å². The molecule has 3 amide bonds. The van der Waals surface area contributed by atoms with E-state index in [0.29, 0.717) is 0 Å².